The van der Waals surface area contributed by atoms with Crippen LogP contribution in [0.3, 0.4) is 0 Å². The van der Waals surface area contributed by atoms with Crippen LogP contribution in [0.5, 0.6) is 0 Å². The van der Waals surface area contributed by atoms with E-state index >= 15 is 0 Å². The number of amides is 1. The van der Waals surface area contributed by atoms with Crippen LogP contribution in [0.15, 0.2) is 71.3 Å². The van der Waals surface area contributed by atoms with E-state index in [-0.39, 0.29) is 12.1 Å². The van der Waals surface area contributed by atoms with Crippen molar-refractivity contribution in [3.63, 3.8) is 0 Å². The number of carbonyl (C=O) groups excluding carboxylic acids is 1. The van der Waals surface area contributed by atoms with Gasteiger partial charge in [0.15, 0.2) is 6.17 Å². The molecule has 0 radical (unpaired) electrons. The number of nitrogens with zero attached hydrogens (tertiary/aromatic N) is 4. The maximum atomic E-state index is 13.5. The fourth-order valence-electron chi connectivity index (χ4n) is 4.21. The van der Waals surface area contributed by atoms with Crippen molar-refractivity contribution in [1.82, 2.24) is 14.7 Å². The zero-order valence-corrected chi connectivity index (χ0v) is 16.4. The lowest BCUT2D eigenvalue weighted by atomic mass is 10.0. The van der Waals surface area contributed by atoms with Gasteiger partial charge in [0.2, 0.25) is 0 Å². The van der Waals surface area contributed by atoms with Crippen LogP contribution in [0.1, 0.15) is 34.9 Å². The molecule has 0 aliphatic carbocycles. The molecule has 0 saturated carbocycles. The Bertz CT molecular complexity index is 1180. The van der Waals surface area contributed by atoms with Crippen LogP contribution in [0.2, 0.25) is 0 Å². The van der Waals surface area contributed by atoms with Crippen LogP contribution >= 0.6 is 0 Å². The molecular weight excluding hydrogens is 364 g/mol. The standard InChI is InChI=1S/C23H22N4O2/c1-3-27-20-13-7-4-10-17(20)21(24-27)22-25(2)19-12-6-5-11-18(19)23(28)26(22)15-16-9-8-14-29-16/h4-14,22H,3,15H2,1-2H3. The van der Waals surface area contributed by atoms with Crippen molar-refractivity contribution in [2.75, 3.05) is 11.9 Å². The number of fused-ring (bicyclic) bond motifs is 2. The van der Waals surface area contributed by atoms with Gasteiger partial charge in [-0.25, -0.2) is 0 Å². The summed E-state index contributed by atoms with van der Waals surface area (Å²) in [5.74, 6) is 0.727. The van der Waals surface area contributed by atoms with Gasteiger partial charge in [0, 0.05) is 19.0 Å². The van der Waals surface area contributed by atoms with E-state index in [1.807, 2.05) is 65.2 Å². The Morgan fingerprint density at radius 2 is 1.83 bits per heavy atom. The summed E-state index contributed by atoms with van der Waals surface area (Å²) in [5, 5.41) is 5.98. The summed E-state index contributed by atoms with van der Waals surface area (Å²) in [4.78, 5) is 17.5. The number of rotatable bonds is 4. The van der Waals surface area contributed by atoms with E-state index in [2.05, 4.69) is 24.0 Å². The van der Waals surface area contributed by atoms with Crippen molar-refractivity contribution in [3.8, 4) is 0 Å². The molecule has 1 aliphatic rings. The molecule has 4 aromatic rings. The third-order valence-corrected chi connectivity index (χ3v) is 5.57. The topological polar surface area (TPSA) is 54.5 Å². The highest BCUT2D eigenvalue weighted by Crippen LogP contribution is 2.40. The molecule has 3 heterocycles. The molecule has 0 N–H and O–H groups in total. The first-order chi connectivity index (χ1) is 14.2. The second kappa shape index (κ2) is 6.81. The minimum absolute atomic E-state index is 0.0183. The second-order valence-corrected chi connectivity index (χ2v) is 7.23. The molecule has 2 aromatic carbocycles. The highest BCUT2D eigenvalue weighted by Gasteiger charge is 2.39. The molecule has 1 aliphatic heterocycles. The van der Waals surface area contributed by atoms with Crippen molar-refractivity contribution in [3.05, 3.63) is 83.9 Å². The van der Waals surface area contributed by atoms with Crippen molar-refractivity contribution in [2.45, 2.75) is 26.2 Å². The summed E-state index contributed by atoms with van der Waals surface area (Å²) in [6.45, 7) is 3.22. The Kier molecular flexibility index (Phi) is 4.12. The zero-order chi connectivity index (χ0) is 20.0. The van der Waals surface area contributed by atoms with Gasteiger partial charge in [-0.2, -0.15) is 5.10 Å². The van der Waals surface area contributed by atoms with Crippen molar-refractivity contribution in [1.29, 1.82) is 0 Å². The predicted octanol–water partition coefficient (Wildman–Crippen LogP) is 4.44. The molecular formula is C23H22N4O2. The number of hydrogen-bond donors (Lipinski definition) is 0. The Hall–Kier alpha value is -3.54. The Morgan fingerprint density at radius 3 is 2.62 bits per heavy atom. The average molecular weight is 386 g/mol. The lowest BCUT2D eigenvalue weighted by molar-refractivity contribution is 0.0615. The minimum Gasteiger partial charge on any atom is -0.467 e. The van der Waals surface area contributed by atoms with Gasteiger partial charge in [-0.1, -0.05) is 30.3 Å². The van der Waals surface area contributed by atoms with Crippen LogP contribution < -0.4 is 4.90 Å². The van der Waals surface area contributed by atoms with E-state index in [9.17, 15) is 4.79 Å². The highest BCUT2D eigenvalue weighted by atomic mass is 16.3. The van der Waals surface area contributed by atoms with Gasteiger partial charge in [0.05, 0.1) is 29.6 Å². The van der Waals surface area contributed by atoms with Gasteiger partial charge in [-0.3, -0.25) is 9.48 Å². The number of furan rings is 1. The quantitative estimate of drug-likeness (QED) is 0.520. The van der Waals surface area contributed by atoms with E-state index in [1.54, 1.807) is 6.26 Å². The molecule has 1 amide bonds. The van der Waals surface area contributed by atoms with E-state index < -0.39 is 0 Å². The highest BCUT2D eigenvalue weighted by molar-refractivity contribution is 6.02. The molecule has 6 heteroatoms. The maximum Gasteiger partial charge on any atom is 0.258 e. The number of benzene rings is 2. The normalized spacial score (nSPS) is 16.5. The van der Waals surface area contributed by atoms with Crippen LogP contribution in [0.25, 0.3) is 10.9 Å². The van der Waals surface area contributed by atoms with E-state index in [1.165, 1.54) is 0 Å². The molecule has 0 spiro atoms. The summed E-state index contributed by atoms with van der Waals surface area (Å²) >= 11 is 0. The first-order valence-corrected chi connectivity index (χ1v) is 9.79. The molecule has 1 atom stereocenters. The maximum absolute atomic E-state index is 13.5. The Morgan fingerprint density at radius 1 is 1.03 bits per heavy atom. The molecule has 6 nitrogen and oxygen atoms in total. The molecule has 146 valence electrons. The fraction of sp³-hybridized carbons (Fsp3) is 0.217. The zero-order valence-electron chi connectivity index (χ0n) is 16.4. The van der Waals surface area contributed by atoms with Crippen LogP contribution in [-0.4, -0.2) is 27.6 Å². The van der Waals surface area contributed by atoms with E-state index in [0.717, 1.165) is 34.6 Å². The van der Waals surface area contributed by atoms with Crippen LogP contribution in [0.4, 0.5) is 5.69 Å². The predicted molar refractivity (Wildman–Crippen MR) is 112 cm³/mol. The molecule has 29 heavy (non-hydrogen) atoms. The first-order valence-electron chi connectivity index (χ1n) is 9.79. The Balaban J connectivity index is 1.71. The second-order valence-electron chi connectivity index (χ2n) is 7.23. The van der Waals surface area contributed by atoms with Crippen molar-refractivity contribution >= 4 is 22.5 Å². The van der Waals surface area contributed by atoms with Gasteiger partial charge in [0.1, 0.15) is 11.5 Å². The molecule has 1 unspecified atom stereocenters. The average Bonchev–Trinajstić information content (AvgIpc) is 3.40. The molecule has 5 rings (SSSR count). The largest absolute Gasteiger partial charge is 0.467 e. The lowest BCUT2D eigenvalue weighted by Crippen LogP contribution is -2.47. The molecule has 0 bridgehead atoms. The number of aryl methyl sites for hydroxylation is 1. The number of anilines is 1. The summed E-state index contributed by atoms with van der Waals surface area (Å²) < 4.78 is 7.56. The molecule has 2 aromatic heterocycles. The number of para-hydroxylation sites is 2. The molecule has 0 saturated heterocycles. The summed E-state index contributed by atoms with van der Waals surface area (Å²) in [7, 11) is 2.02. The molecule has 0 fully saturated rings. The summed E-state index contributed by atoms with van der Waals surface area (Å²) in [5.41, 5.74) is 3.55. The van der Waals surface area contributed by atoms with Crippen LogP contribution in [0, 0.1) is 0 Å². The van der Waals surface area contributed by atoms with Gasteiger partial charge in [0.25, 0.3) is 5.91 Å². The third kappa shape index (κ3) is 2.71. The van der Waals surface area contributed by atoms with Crippen LogP contribution in [-0.2, 0) is 13.1 Å². The summed E-state index contributed by atoms with van der Waals surface area (Å²) in [6.07, 6.45) is 1.30. The minimum atomic E-state index is -0.333. The first kappa shape index (κ1) is 17.6. The van der Waals surface area contributed by atoms with Gasteiger partial charge >= 0.3 is 0 Å². The van der Waals surface area contributed by atoms with Crippen molar-refractivity contribution in [2.24, 2.45) is 0 Å². The van der Waals surface area contributed by atoms with E-state index in [4.69, 9.17) is 9.52 Å². The van der Waals surface area contributed by atoms with Crippen molar-refractivity contribution < 1.29 is 9.21 Å². The number of hydrogen-bond acceptors (Lipinski definition) is 4. The number of carbonyl (C=O) groups is 1. The summed E-state index contributed by atoms with van der Waals surface area (Å²) in [6, 6.07) is 19.7. The van der Waals surface area contributed by atoms with Gasteiger partial charge in [-0.05, 0) is 37.3 Å². The number of aromatic nitrogens is 2. The fourth-order valence-corrected chi connectivity index (χ4v) is 4.21. The smallest absolute Gasteiger partial charge is 0.258 e. The van der Waals surface area contributed by atoms with E-state index in [0.29, 0.717) is 12.1 Å². The Labute approximate surface area is 168 Å². The SMILES string of the molecule is CCn1nc(C2N(Cc3ccco3)C(=O)c3ccccc3N2C)c2ccccc21. The van der Waals surface area contributed by atoms with Gasteiger partial charge in [-0.15, -0.1) is 0 Å². The lowest BCUT2D eigenvalue weighted by Gasteiger charge is -2.42. The van der Waals surface area contributed by atoms with Gasteiger partial charge < -0.3 is 14.2 Å². The monoisotopic (exact) mass is 386 g/mol. The third-order valence-electron chi connectivity index (χ3n) is 5.57.